The fourth-order valence-corrected chi connectivity index (χ4v) is 4.04. The molecule has 0 aliphatic rings. The van der Waals surface area contributed by atoms with Gasteiger partial charge in [-0.05, 0) is 30.2 Å². The molecule has 7 nitrogen and oxygen atoms in total. The van der Waals surface area contributed by atoms with Crippen LogP contribution in [0.5, 0.6) is 0 Å². The molecule has 0 bridgehead atoms. The van der Waals surface area contributed by atoms with Crippen molar-refractivity contribution >= 4 is 27.5 Å². The second kappa shape index (κ2) is 10.4. The van der Waals surface area contributed by atoms with E-state index in [1.165, 1.54) is 7.05 Å². The highest BCUT2D eigenvalue weighted by molar-refractivity contribution is 7.88. The Balaban J connectivity index is 1.86. The van der Waals surface area contributed by atoms with Gasteiger partial charge in [0, 0.05) is 7.05 Å². The van der Waals surface area contributed by atoms with E-state index in [1.807, 2.05) is 37.3 Å². The average Bonchev–Trinajstić information content (AvgIpc) is 2.80. The van der Waals surface area contributed by atoms with Crippen LogP contribution in [0.25, 0.3) is 0 Å². The number of para-hydroxylation sites is 1. The Labute approximate surface area is 194 Å². The van der Waals surface area contributed by atoms with Gasteiger partial charge in [0.25, 0.3) is 5.91 Å². The van der Waals surface area contributed by atoms with Crippen LogP contribution in [-0.2, 0) is 14.8 Å². The molecule has 8 heteroatoms. The summed E-state index contributed by atoms with van der Waals surface area (Å²) in [5.74, 6) is -0.916. The summed E-state index contributed by atoms with van der Waals surface area (Å²) >= 11 is 0. The molecule has 0 aromatic heterocycles. The second-order valence-corrected chi connectivity index (χ2v) is 9.78. The van der Waals surface area contributed by atoms with E-state index < -0.39 is 22.0 Å². The minimum atomic E-state index is -3.67. The molecular formula is C25H27N3O4S. The topological polar surface area (TPSA) is 95.6 Å². The Morgan fingerprint density at radius 3 is 1.91 bits per heavy atom. The summed E-state index contributed by atoms with van der Waals surface area (Å²) in [7, 11) is -2.31. The number of sulfonamides is 1. The van der Waals surface area contributed by atoms with Crippen LogP contribution in [0.1, 0.15) is 40.5 Å². The largest absolute Gasteiger partial charge is 0.345 e. The minimum absolute atomic E-state index is 0.240. The maximum Gasteiger partial charge on any atom is 0.253 e. The lowest BCUT2D eigenvalue weighted by Gasteiger charge is -2.26. The van der Waals surface area contributed by atoms with Crippen molar-refractivity contribution in [3.63, 3.8) is 0 Å². The van der Waals surface area contributed by atoms with Crippen molar-refractivity contribution in [2.45, 2.75) is 19.0 Å². The van der Waals surface area contributed by atoms with Crippen molar-refractivity contribution in [1.82, 2.24) is 9.62 Å². The Hall–Kier alpha value is -3.49. The van der Waals surface area contributed by atoms with Crippen molar-refractivity contribution in [2.24, 2.45) is 0 Å². The fraction of sp³-hybridized carbons (Fsp3) is 0.200. The van der Waals surface area contributed by atoms with E-state index in [2.05, 4.69) is 10.6 Å². The van der Waals surface area contributed by atoms with Gasteiger partial charge in [-0.1, -0.05) is 72.8 Å². The van der Waals surface area contributed by atoms with Crippen LogP contribution in [0.2, 0.25) is 0 Å². The monoisotopic (exact) mass is 465 g/mol. The van der Waals surface area contributed by atoms with Crippen LogP contribution in [0.4, 0.5) is 5.69 Å². The summed E-state index contributed by atoms with van der Waals surface area (Å²) in [5, 5.41) is 5.69. The van der Waals surface area contributed by atoms with E-state index >= 15 is 0 Å². The summed E-state index contributed by atoms with van der Waals surface area (Å²) in [6, 6.07) is 23.5. The van der Waals surface area contributed by atoms with Gasteiger partial charge in [-0.15, -0.1) is 0 Å². The SMILES string of the molecule is C[C@@H](NC(=O)c1ccccc1NC(=O)[C@H](c1ccccc1)N(C)S(C)(=O)=O)c1ccccc1. The van der Waals surface area contributed by atoms with Gasteiger partial charge < -0.3 is 10.6 Å². The molecule has 3 aromatic rings. The van der Waals surface area contributed by atoms with Crippen molar-refractivity contribution < 1.29 is 18.0 Å². The van der Waals surface area contributed by atoms with Gasteiger partial charge in [-0.3, -0.25) is 9.59 Å². The second-order valence-electron chi connectivity index (χ2n) is 7.73. The molecule has 2 N–H and O–H groups in total. The standard InChI is InChI=1S/C25H27N3O4S/c1-18(19-12-6-4-7-13-19)26-24(29)21-16-10-11-17-22(21)27-25(30)23(28(2)33(3,31)32)20-14-8-5-9-15-20/h4-18,23H,1-3H3,(H,26,29)(H,27,30)/t18-,23+/m1/s1. The lowest BCUT2D eigenvalue weighted by molar-refractivity contribution is -0.119. The zero-order chi connectivity index (χ0) is 24.0. The maximum absolute atomic E-state index is 13.3. The van der Waals surface area contributed by atoms with E-state index in [1.54, 1.807) is 54.6 Å². The molecule has 3 aromatic carbocycles. The number of nitrogens with zero attached hydrogens (tertiary/aromatic N) is 1. The van der Waals surface area contributed by atoms with Crippen LogP contribution in [0.15, 0.2) is 84.9 Å². The first-order valence-corrected chi connectivity index (χ1v) is 12.3. The van der Waals surface area contributed by atoms with Gasteiger partial charge in [0.1, 0.15) is 6.04 Å². The molecule has 0 aliphatic carbocycles. The first-order valence-electron chi connectivity index (χ1n) is 10.4. The van der Waals surface area contributed by atoms with Crippen molar-refractivity contribution in [2.75, 3.05) is 18.6 Å². The molecule has 33 heavy (non-hydrogen) atoms. The summed E-state index contributed by atoms with van der Waals surface area (Å²) < 4.78 is 25.4. The highest BCUT2D eigenvalue weighted by Crippen LogP contribution is 2.25. The number of anilines is 1. The normalized spacial score (nSPS) is 13.2. The van der Waals surface area contributed by atoms with Gasteiger partial charge in [0.15, 0.2) is 0 Å². The quantitative estimate of drug-likeness (QED) is 0.530. The summed E-state index contributed by atoms with van der Waals surface area (Å²) in [6.07, 6.45) is 1.04. The molecule has 0 aliphatic heterocycles. The number of benzene rings is 3. The van der Waals surface area contributed by atoms with Crippen molar-refractivity contribution in [3.05, 3.63) is 102 Å². The van der Waals surface area contributed by atoms with Gasteiger partial charge in [0.05, 0.1) is 23.5 Å². The number of carbonyl (C=O) groups is 2. The predicted molar refractivity (Wildman–Crippen MR) is 129 cm³/mol. The number of hydrogen-bond donors (Lipinski definition) is 2. The smallest absolute Gasteiger partial charge is 0.253 e. The first kappa shape index (κ1) is 24.2. The van der Waals surface area contributed by atoms with E-state index in [9.17, 15) is 18.0 Å². The lowest BCUT2D eigenvalue weighted by Crippen LogP contribution is -2.38. The first-order chi connectivity index (χ1) is 15.7. The molecule has 172 valence electrons. The maximum atomic E-state index is 13.3. The number of carbonyl (C=O) groups excluding carboxylic acids is 2. The molecule has 3 rings (SSSR count). The van der Waals surface area contributed by atoms with Crippen LogP contribution in [-0.4, -0.2) is 37.8 Å². The van der Waals surface area contributed by atoms with Gasteiger partial charge in [0.2, 0.25) is 15.9 Å². The summed E-state index contributed by atoms with van der Waals surface area (Å²) in [5.41, 5.74) is 2.04. The number of likely N-dealkylation sites (N-methyl/N-ethyl adjacent to an activating group) is 1. The molecule has 2 atom stereocenters. The van der Waals surface area contributed by atoms with E-state index in [4.69, 9.17) is 0 Å². The predicted octanol–water partition coefficient (Wildman–Crippen LogP) is 3.75. The Kier molecular flexibility index (Phi) is 7.63. The number of nitrogens with one attached hydrogen (secondary N) is 2. The van der Waals surface area contributed by atoms with Gasteiger partial charge in [-0.2, -0.15) is 4.31 Å². The van der Waals surface area contributed by atoms with Gasteiger partial charge >= 0.3 is 0 Å². The zero-order valence-corrected chi connectivity index (χ0v) is 19.5. The number of rotatable bonds is 8. The molecule has 0 saturated carbocycles. The van der Waals surface area contributed by atoms with E-state index in [0.29, 0.717) is 11.3 Å². The van der Waals surface area contributed by atoms with Crippen LogP contribution < -0.4 is 10.6 Å². The molecule has 2 amide bonds. The Morgan fingerprint density at radius 2 is 1.33 bits per heavy atom. The Morgan fingerprint density at radius 1 is 0.818 bits per heavy atom. The van der Waals surface area contributed by atoms with Crippen LogP contribution >= 0.6 is 0 Å². The van der Waals surface area contributed by atoms with E-state index in [0.717, 1.165) is 16.1 Å². The molecule has 0 saturated heterocycles. The third-order valence-electron chi connectivity index (χ3n) is 5.33. The minimum Gasteiger partial charge on any atom is -0.345 e. The summed E-state index contributed by atoms with van der Waals surface area (Å²) in [4.78, 5) is 26.3. The van der Waals surface area contributed by atoms with Crippen LogP contribution in [0, 0.1) is 0 Å². The summed E-state index contributed by atoms with van der Waals surface area (Å²) in [6.45, 7) is 1.88. The molecule has 0 radical (unpaired) electrons. The molecule has 0 fully saturated rings. The average molecular weight is 466 g/mol. The van der Waals surface area contributed by atoms with E-state index in [-0.39, 0.29) is 17.5 Å². The highest BCUT2D eigenvalue weighted by Gasteiger charge is 2.31. The molecule has 0 spiro atoms. The number of hydrogen-bond acceptors (Lipinski definition) is 4. The third kappa shape index (κ3) is 6.06. The lowest BCUT2D eigenvalue weighted by atomic mass is 10.1. The molecule has 0 unspecified atom stereocenters. The van der Waals surface area contributed by atoms with Crippen molar-refractivity contribution in [1.29, 1.82) is 0 Å². The van der Waals surface area contributed by atoms with Crippen LogP contribution in [0.3, 0.4) is 0 Å². The van der Waals surface area contributed by atoms with Crippen molar-refractivity contribution in [3.8, 4) is 0 Å². The molecular weight excluding hydrogens is 438 g/mol. The highest BCUT2D eigenvalue weighted by atomic mass is 32.2. The zero-order valence-electron chi connectivity index (χ0n) is 18.7. The fourth-order valence-electron chi connectivity index (χ4n) is 3.44. The molecule has 0 heterocycles. The Bertz CT molecular complexity index is 1210. The van der Waals surface area contributed by atoms with Gasteiger partial charge in [-0.25, -0.2) is 8.42 Å². The number of amides is 2. The third-order valence-corrected chi connectivity index (χ3v) is 6.58.